The van der Waals surface area contributed by atoms with Crippen LogP contribution in [0.15, 0.2) is 29.6 Å². The van der Waals surface area contributed by atoms with E-state index >= 15 is 0 Å². The molecule has 0 bridgehead atoms. The summed E-state index contributed by atoms with van der Waals surface area (Å²) in [5, 5.41) is 6.09. The van der Waals surface area contributed by atoms with E-state index < -0.39 is 12.1 Å². The van der Waals surface area contributed by atoms with Gasteiger partial charge in [-0.05, 0) is 50.3 Å². The van der Waals surface area contributed by atoms with Crippen molar-refractivity contribution in [2.75, 3.05) is 51.3 Å². The number of carbonyl (C=O) groups is 3. The Balaban J connectivity index is 1.13. The molecule has 4 aliphatic rings. The Labute approximate surface area is 239 Å². The van der Waals surface area contributed by atoms with E-state index in [0.717, 1.165) is 55.4 Å². The fourth-order valence-corrected chi connectivity index (χ4v) is 7.22. The number of benzene rings is 1. The molecule has 1 saturated carbocycles. The molecule has 9 nitrogen and oxygen atoms in total. The average molecular weight is 566 g/mol. The molecule has 0 radical (unpaired) electrons. The van der Waals surface area contributed by atoms with Crippen molar-refractivity contribution in [1.82, 2.24) is 20.1 Å². The van der Waals surface area contributed by atoms with Gasteiger partial charge in [-0.15, -0.1) is 11.3 Å². The highest BCUT2D eigenvalue weighted by Gasteiger charge is 2.56. The van der Waals surface area contributed by atoms with Gasteiger partial charge in [-0.3, -0.25) is 14.4 Å². The number of amides is 2. The van der Waals surface area contributed by atoms with Crippen LogP contribution in [0.4, 0.5) is 5.13 Å². The molecular formula is C30H39N5O4S. The fraction of sp³-hybridized carbons (Fsp3) is 0.600. The van der Waals surface area contributed by atoms with Crippen LogP contribution in [0.2, 0.25) is 0 Å². The first-order valence-corrected chi connectivity index (χ1v) is 15.4. The van der Waals surface area contributed by atoms with E-state index in [9.17, 15) is 14.4 Å². The lowest BCUT2D eigenvalue weighted by atomic mass is 9.97. The highest BCUT2D eigenvalue weighted by atomic mass is 32.1. The number of ether oxygens (including phenoxy) is 1. The fourth-order valence-electron chi connectivity index (χ4n) is 6.33. The van der Waals surface area contributed by atoms with Crippen LogP contribution in [0.5, 0.6) is 0 Å². The number of piperazine rings is 1. The summed E-state index contributed by atoms with van der Waals surface area (Å²) in [6.07, 6.45) is 2.57. The molecule has 1 unspecified atom stereocenters. The van der Waals surface area contributed by atoms with E-state index in [0.29, 0.717) is 24.4 Å². The molecule has 214 valence electrons. The van der Waals surface area contributed by atoms with Crippen molar-refractivity contribution in [3.05, 3.63) is 35.2 Å². The number of anilines is 1. The third-order valence-electron chi connectivity index (χ3n) is 8.75. The van der Waals surface area contributed by atoms with E-state index in [4.69, 9.17) is 9.72 Å². The van der Waals surface area contributed by atoms with Gasteiger partial charge in [0, 0.05) is 55.1 Å². The number of aromatic nitrogens is 1. The molecule has 4 heterocycles. The number of nitrogens with one attached hydrogen (secondary N) is 1. The smallest absolute Gasteiger partial charge is 0.251 e. The van der Waals surface area contributed by atoms with Crippen molar-refractivity contribution < 1.29 is 19.1 Å². The number of thiazole rings is 1. The Morgan fingerprint density at radius 3 is 2.52 bits per heavy atom. The van der Waals surface area contributed by atoms with Gasteiger partial charge in [0.2, 0.25) is 5.91 Å². The maximum absolute atomic E-state index is 13.8. The molecule has 4 atom stereocenters. The Bertz CT molecular complexity index is 1250. The second-order valence-electron chi connectivity index (χ2n) is 12.2. The van der Waals surface area contributed by atoms with Crippen LogP contribution in [0, 0.1) is 17.8 Å². The highest BCUT2D eigenvalue weighted by Crippen LogP contribution is 2.46. The summed E-state index contributed by atoms with van der Waals surface area (Å²) in [6.45, 7) is 8.69. The molecule has 3 saturated heterocycles. The number of fused-ring (bicyclic) bond motifs is 1. The van der Waals surface area contributed by atoms with Crippen LogP contribution in [0.25, 0.3) is 11.3 Å². The summed E-state index contributed by atoms with van der Waals surface area (Å²) in [4.78, 5) is 51.0. The van der Waals surface area contributed by atoms with Gasteiger partial charge in [0.05, 0.1) is 11.8 Å². The quantitative estimate of drug-likeness (QED) is 0.526. The number of carbonyl (C=O) groups excluding carboxylic acids is 3. The van der Waals surface area contributed by atoms with Crippen molar-refractivity contribution >= 4 is 34.1 Å². The van der Waals surface area contributed by atoms with E-state index in [1.807, 2.05) is 26.0 Å². The monoisotopic (exact) mass is 565 g/mol. The lowest BCUT2D eigenvalue weighted by molar-refractivity contribution is -0.138. The molecule has 0 spiro atoms. The van der Waals surface area contributed by atoms with Crippen molar-refractivity contribution in [2.24, 2.45) is 17.8 Å². The molecule has 6 rings (SSSR count). The number of likely N-dealkylation sites (tertiary alicyclic amines) is 1. The van der Waals surface area contributed by atoms with Crippen LogP contribution < -0.4 is 10.2 Å². The molecule has 2 amide bonds. The van der Waals surface area contributed by atoms with Crippen molar-refractivity contribution in [3.63, 3.8) is 0 Å². The SMILES string of the molecule is CC(C)CC(NC(=O)c1ccc(-c2csc(N3CCN(C)CC3)n2)cc1)C(=O)N1C[C@H](C2CC2)[C@H]2OCC(=O)[C@H]21. The lowest BCUT2D eigenvalue weighted by Gasteiger charge is -2.32. The number of likely N-dealkylation sites (N-methyl/N-ethyl adjacent to an activating group) is 1. The van der Waals surface area contributed by atoms with E-state index in [1.54, 1.807) is 28.4 Å². The molecule has 40 heavy (non-hydrogen) atoms. The Morgan fingerprint density at radius 2 is 1.85 bits per heavy atom. The maximum Gasteiger partial charge on any atom is 0.251 e. The molecule has 1 aliphatic carbocycles. The third kappa shape index (κ3) is 5.53. The van der Waals surface area contributed by atoms with Gasteiger partial charge in [0.25, 0.3) is 5.91 Å². The standard InChI is InChI=1S/C30H39N5O4S/c1-18(2)14-23(29(38)35-15-22(19-4-5-19)27-26(35)25(36)16-39-27)31-28(37)21-8-6-20(7-9-21)24-17-40-30(32-24)34-12-10-33(3)11-13-34/h6-9,17-19,22-23,26-27H,4-5,10-16H2,1-3H3,(H,31,37)/t22-,23?,26-,27-/m1/s1. The first-order valence-electron chi connectivity index (χ1n) is 14.5. The second-order valence-corrected chi connectivity index (χ2v) is 13.1. The normalized spacial score (nSPS) is 25.9. The van der Waals surface area contributed by atoms with Gasteiger partial charge in [-0.2, -0.15) is 0 Å². The van der Waals surface area contributed by atoms with Crippen molar-refractivity contribution in [3.8, 4) is 11.3 Å². The Morgan fingerprint density at radius 1 is 1.12 bits per heavy atom. The number of Topliss-reactive ketones (excluding diaryl/α,β-unsaturated/α-hetero) is 1. The maximum atomic E-state index is 13.8. The Hall–Kier alpha value is -2.82. The summed E-state index contributed by atoms with van der Waals surface area (Å²) in [6, 6.07) is 6.20. The number of rotatable bonds is 8. The zero-order chi connectivity index (χ0) is 28.0. The molecular weight excluding hydrogens is 526 g/mol. The van der Waals surface area contributed by atoms with E-state index in [1.165, 1.54) is 0 Å². The predicted molar refractivity (Wildman–Crippen MR) is 154 cm³/mol. The Kier molecular flexibility index (Phi) is 7.67. The van der Waals surface area contributed by atoms with Crippen LogP contribution >= 0.6 is 11.3 Å². The molecule has 1 N–H and O–H groups in total. The summed E-state index contributed by atoms with van der Waals surface area (Å²) in [5.74, 6) is 0.461. The minimum atomic E-state index is -0.691. The van der Waals surface area contributed by atoms with Crippen LogP contribution in [0.3, 0.4) is 0 Å². The average Bonchev–Trinajstić information content (AvgIpc) is 3.36. The van der Waals surface area contributed by atoms with Crippen LogP contribution in [0.1, 0.15) is 43.5 Å². The predicted octanol–water partition coefficient (Wildman–Crippen LogP) is 2.91. The molecule has 10 heteroatoms. The van der Waals surface area contributed by atoms with Crippen molar-refractivity contribution in [2.45, 2.75) is 51.3 Å². The largest absolute Gasteiger partial charge is 0.367 e. The van der Waals surface area contributed by atoms with Gasteiger partial charge in [-0.25, -0.2) is 4.98 Å². The van der Waals surface area contributed by atoms with Gasteiger partial charge in [0.15, 0.2) is 10.9 Å². The summed E-state index contributed by atoms with van der Waals surface area (Å²) >= 11 is 1.65. The van der Waals surface area contributed by atoms with Gasteiger partial charge >= 0.3 is 0 Å². The minimum absolute atomic E-state index is 0.0236. The van der Waals surface area contributed by atoms with Gasteiger partial charge in [-0.1, -0.05) is 26.0 Å². The summed E-state index contributed by atoms with van der Waals surface area (Å²) in [5.41, 5.74) is 2.35. The zero-order valence-corrected chi connectivity index (χ0v) is 24.4. The molecule has 2 aromatic rings. The van der Waals surface area contributed by atoms with Gasteiger partial charge < -0.3 is 24.8 Å². The third-order valence-corrected chi connectivity index (χ3v) is 9.66. The number of hydrogen-bond acceptors (Lipinski definition) is 8. The molecule has 3 aliphatic heterocycles. The topological polar surface area (TPSA) is 95.1 Å². The molecule has 4 fully saturated rings. The second kappa shape index (κ2) is 11.2. The van der Waals surface area contributed by atoms with E-state index in [-0.39, 0.29) is 42.1 Å². The summed E-state index contributed by atoms with van der Waals surface area (Å²) < 4.78 is 5.84. The number of ketones is 1. The van der Waals surface area contributed by atoms with E-state index in [2.05, 4.69) is 27.5 Å². The number of hydrogen-bond donors (Lipinski definition) is 1. The van der Waals surface area contributed by atoms with Crippen molar-refractivity contribution in [1.29, 1.82) is 0 Å². The highest BCUT2D eigenvalue weighted by molar-refractivity contribution is 7.14. The van der Waals surface area contributed by atoms with Crippen LogP contribution in [-0.2, 0) is 14.3 Å². The van der Waals surface area contributed by atoms with Crippen LogP contribution in [-0.4, -0.2) is 96.9 Å². The minimum Gasteiger partial charge on any atom is -0.367 e. The van der Waals surface area contributed by atoms with Gasteiger partial charge in [0.1, 0.15) is 18.7 Å². The molecule has 1 aromatic heterocycles. The first-order chi connectivity index (χ1) is 19.3. The zero-order valence-electron chi connectivity index (χ0n) is 23.5. The number of nitrogens with zero attached hydrogens (tertiary/aromatic N) is 4. The summed E-state index contributed by atoms with van der Waals surface area (Å²) in [7, 11) is 2.14. The first kappa shape index (κ1) is 27.4. The lowest BCUT2D eigenvalue weighted by Crippen LogP contribution is -2.52. The molecule has 1 aromatic carbocycles.